The summed E-state index contributed by atoms with van der Waals surface area (Å²) in [5.41, 5.74) is 4.35. The molecule has 1 atom stereocenters. The number of halogens is 2. The summed E-state index contributed by atoms with van der Waals surface area (Å²) >= 11 is 3.19. The molecule has 0 fully saturated rings. The van der Waals surface area contributed by atoms with E-state index in [1.165, 1.54) is 0 Å². The van der Waals surface area contributed by atoms with Gasteiger partial charge < -0.3 is 0 Å². The van der Waals surface area contributed by atoms with E-state index in [1.807, 2.05) is 18.3 Å². The molecule has 100 valence electrons. The average Bonchev–Trinajstić information content (AvgIpc) is 2.45. The highest BCUT2D eigenvalue weighted by Crippen LogP contribution is 2.26. The summed E-state index contributed by atoms with van der Waals surface area (Å²) < 4.78 is 14.5. The lowest BCUT2D eigenvalue weighted by Crippen LogP contribution is -2.29. The van der Waals surface area contributed by atoms with Crippen LogP contribution in [0.2, 0.25) is 0 Å². The fraction of sp³-hybridized carbons (Fsp3) is 0.214. The number of aromatic nitrogens is 1. The molecule has 0 bridgehead atoms. The maximum Gasteiger partial charge on any atom is 0.142 e. The predicted molar refractivity (Wildman–Crippen MR) is 76.7 cm³/mol. The van der Waals surface area contributed by atoms with Crippen molar-refractivity contribution in [1.82, 2.24) is 10.4 Å². The van der Waals surface area contributed by atoms with E-state index in [1.54, 1.807) is 24.4 Å². The monoisotopic (exact) mass is 323 g/mol. The Labute approximate surface area is 120 Å². The zero-order chi connectivity index (χ0) is 13.7. The number of benzene rings is 1. The number of hydrazine groups is 1. The molecule has 19 heavy (non-hydrogen) atoms. The lowest BCUT2D eigenvalue weighted by Gasteiger charge is -2.17. The van der Waals surface area contributed by atoms with E-state index in [0.717, 1.165) is 12.0 Å². The fourth-order valence-electron chi connectivity index (χ4n) is 1.98. The van der Waals surface area contributed by atoms with Gasteiger partial charge in [-0.15, -0.1) is 0 Å². The molecule has 3 nitrogen and oxygen atoms in total. The maximum absolute atomic E-state index is 14.0. The van der Waals surface area contributed by atoms with E-state index >= 15 is 0 Å². The van der Waals surface area contributed by atoms with Crippen molar-refractivity contribution in [1.29, 1.82) is 0 Å². The first kappa shape index (κ1) is 14.1. The summed E-state index contributed by atoms with van der Waals surface area (Å²) in [7, 11) is 0. The second-order valence-corrected chi connectivity index (χ2v) is 5.12. The third kappa shape index (κ3) is 3.59. The van der Waals surface area contributed by atoms with Gasteiger partial charge in [-0.25, -0.2) is 4.39 Å². The van der Waals surface area contributed by atoms with E-state index in [2.05, 4.69) is 26.3 Å². The number of nitrogens with zero attached hydrogens (tertiary/aromatic N) is 1. The van der Waals surface area contributed by atoms with Crippen molar-refractivity contribution < 1.29 is 4.39 Å². The number of nitrogens with one attached hydrogen (secondary N) is 1. The van der Waals surface area contributed by atoms with Crippen molar-refractivity contribution in [3.05, 3.63) is 64.1 Å². The summed E-state index contributed by atoms with van der Waals surface area (Å²) in [6, 6.07) is 8.88. The van der Waals surface area contributed by atoms with Crippen LogP contribution in [-0.4, -0.2) is 4.98 Å². The average molecular weight is 324 g/mol. The molecule has 1 aromatic heterocycles. The van der Waals surface area contributed by atoms with Gasteiger partial charge in [0.1, 0.15) is 5.82 Å². The Morgan fingerprint density at radius 1 is 1.32 bits per heavy atom. The second kappa shape index (κ2) is 6.75. The Morgan fingerprint density at radius 3 is 2.84 bits per heavy atom. The Balaban J connectivity index is 2.10. The minimum atomic E-state index is -0.267. The third-order valence-electron chi connectivity index (χ3n) is 3.00. The van der Waals surface area contributed by atoms with E-state index in [9.17, 15) is 4.39 Å². The zero-order valence-electron chi connectivity index (χ0n) is 10.3. The van der Waals surface area contributed by atoms with Gasteiger partial charge in [-0.3, -0.25) is 16.3 Å². The van der Waals surface area contributed by atoms with E-state index < -0.39 is 0 Å². The van der Waals surface area contributed by atoms with Gasteiger partial charge in [-0.05, 0) is 46.5 Å². The van der Waals surface area contributed by atoms with Gasteiger partial charge in [0.25, 0.3) is 0 Å². The van der Waals surface area contributed by atoms with Crippen molar-refractivity contribution in [3.8, 4) is 0 Å². The first-order valence-electron chi connectivity index (χ1n) is 6.01. The van der Waals surface area contributed by atoms with Gasteiger partial charge >= 0.3 is 0 Å². The standard InChI is InChI=1S/C14H15BrFN3/c15-12-5-1-4-11(14(12)16)13(19-17)7-6-10-3-2-8-18-9-10/h1-5,8-9,13,19H,6-7,17H2. The van der Waals surface area contributed by atoms with Crippen LogP contribution < -0.4 is 11.3 Å². The van der Waals surface area contributed by atoms with Crippen molar-refractivity contribution in [2.75, 3.05) is 0 Å². The molecule has 0 radical (unpaired) electrons. The number of hydrogen-bond donors (Lipinski definition) is 2. The van der Waals surface area contributed by atoms with Crippen molar-refractivity contribution in [3.63, 3.8) is 0 Å². The molecule has 2 aromatic rings. The molecule has 1 aromatic carbocycles. The molecule has 0 spiro atoms. The third-order valence-corrected chi connectivity index (χ3v) is 3.61. The molecule has 0 saturated carbocycles. The van der Waals surface area contributed by atoms with Crippen molar-refractivity contribution in [2.45, 2.75) is 18.9 Å². The van der Waals surface area contributed by atoms with Gasteiger partial charge in [0.15, 0.2) is 0 Å². The van der Waals surface area contributed by atoms with Gasteiger partial charge in [-0.2, -0.15) is 0 Å². The summed E-state index contributed by atoms with van der Waals surface area (Å²) in [6.07, 6.45) is 5.03. The lowest BCUT2D eigenvalue weighted by molar-refractivity contribution is 0.483. The minimum Gasteiger partial charge on any atom is -0.271 e. The maximum atomic E-state index is 14.0. The molecule has 0 aliphatic carbocycles. The summed E-state index contributed by atoms with van der Waals surface area (Å²) in [5, 5.41) is 0. The van der Waals surface area contributed by atoms with Crippen LogP contribution >= 0.6 is 15.9 Å². The number of hydrogen-bond acceptors (Lipinski definition) is 3. The highest BCUT2D eigenvalue weighted by atomic mass is 79.9. The van der Waals surface area contributed by atoms with Crippen LogP contribution in [0.25, 0.3) is 0 Å². The summed E-state index contributed by atoms with van der Waals surface area (Å²) in [5.74, 6) is 5.27. The minimum absolute atomic E-state index is 0.224. The van der Waals surface area contributed by atoms with E-state index in [-0.39, 0.29) is 11.9 Å². The number of rotatable bonds is 5. The Hall–Kier alpha value is -1.30. The normalized spacial score (nSPS) is 12.4. The molecule has 3 N–H and O–H groups in total. The SMILES string of the molecule is NNC(CCc1cccnc1)c1cccc(Br)c1F. The van der Waals surface area contributed by atoms with E-state index in [4.69, 9.17) is 5.84 Å². The molecule has 5 heteroatoms. The largest absolute Gasteiger partial charge is 0.271 e. The topological polar surface area (TPSA) is 50.9 Å². The van der Waals surface area contributed by atoms with Crippen LogP contribution in [0.5, 0.6) is 0 Å². The molecular formula is C14H15BrFN3. The summed E-state index contributed by atoms with van der Waals surface area (Å²) in [4.78, 5) is 4.06. The lowest BCUT2D eigenvalue weighted by atomic mass is 10.00. The van der Waals surface area contributed by atoms with Crippen LogP contribution in [0.1, 0.15) is 23.6 Å². The number of pyridine rings is 1. The van der Waals surface area contributed by atoms with Crippen LogP contribution in [0.4, 0.5) is 4.39 Å². The Bertz CT molecular complexity index is 533. The Kier molecular flexibility index (Phi) is 5.01. The fourth-order valence-corrected chi connectivity index (χ4v) is 2.36. The van der Waals surface area contributed by atoms with Crippen LogP contribution in [-0.2, 0) is 6.42 Å². The number of aryl methyl sites for hydroxylation is 1. The van der Waals surface area contributed by atoms with Gasteiger partial charge in [-0.1, -0.05) is 18.2 Å². The van der Waals surface area contributed by atoms with E-state index in [0.29, 0.717) is 16.5 Å². The summed E-state index contributed by atoms with van der Waals surface area (Å²) in [6.45, 7) is 0. The van der Waals surface area contributed by atoms with Crippen molar-refractivity contribution in [2.24, 2.45) is 5.84 Å². The number of nitrogens with two attached hydrogens (primary N) is 1. The van der Waals surface area contributed by atoms with Crippen LogP contribution in [0.15, 0.2) is 47.2 Å². The van der Waals surface area contributed by atoms with Crippen LogP contribution in [0.3, 0.4) is 0 Å². The Morgan fingerprint density at radius 2 is 2.16 bits per heavy atom. The van der Waals surface area contributed by atoms with Gasteiger partial charge in [0.05, 0.1) is 4.47 Å². The molecule has 0 aliphatic rings. The smallest absolute Gasteiger partial charge is 0.142 e. The van der Waals surface area contributed by atoms with Gasteiger partial charge in [0.2, 0.25) is 0 Å². The second-order valence-electron chi connectivity index (χ2n) is 4.26. The molecule has 0 aliphatic heterocycles. The highest BCUT2D eigenvalue weighted by Gasteiger charge is 2.16. The first-order valence-corrected chi connectivity index (χ1v) is 6.80. The molecule has 1 heterocycles. The van der Waals surface area contributed by atoms with Crippen molar-refractivity contribution >= 4 is 15.9 Å². The molecular weight excluding hydrogens is 309 g/mol. The first-order chi connectivity index (χ1) is 9.22. The zero-order valence-corrected chi connectivity index (χ0v) is 11.9. The quantitative estimate of drug-likeness (QED) is 0.656. The predicted octanol–water partition coefficient (Wildman–Crippen LogP) is 3.12. The molecule has 1 unspecified atom stereocenters. The molecule has 0 amide bonds. The van der Waals surface area contributed by atoms with Gasteiger partial charge in [0, 0.05) is 24.0 Å². The molecule has 0 saturated heterocycles. The highest BCUT2D eigenvalue weighted by molar-refractivity contribution is 9.10. The molecule has 2 rings (SSSR count). The van der Waals surface area contributed by atoms with Crippen LogP contribution in [0, 0.1) is 5.82 Å².